The second kappa shape index (κ2) is 22.0. The standard InChI is InChI=1S/C40H54N6O4S2/c1-6-7-20-49-26-37(42-30(4)46(5)24-35-27-51-39(44-35)29(2)3)38(47)43-33(21-31-14-10-8-11-15-31)18-19-34(22-32-16-12-9-13-17-32)45-40(48)50-25-36-23-41-28-52-36/h8-17,23,27-29,33-34,37,42H,4,6-7,18-22,24-26H2,1-3,5H3,(H,43,47)(H,45,48). The fraction of sp³-hybridized carbons (Fsp3) is 0.450. The molecule has 0 radical (unpaired) electrons. The summed E-state index contributed by atoms with van der Waals surface area (Å²) >= 11 is 3.10. The van der Waals surface area contributed by atoms with Crippen LogP contribution >= 0.6 is 22.7 Å². The highest BCUT2D eigenvalue weighted by Gasteiger charge is 2.25. The van der Waals surface area contributed by atoms with Crippen LogP contribution in [0.4, 0.5) is 4.79 Å². The zero-order chi connectivity index (χ0) is 37.1. The maximum atomic E-state index is 14.1. The van der Waals surface area contributed by atoms with Gasteiger partial charge in [0.25, 0.3) is 0 Å². The molecule has 3 unspecified atom stereocenters. The zero-order valence-electron chi connectivity index (χ0n) is 30.9. The van der Waals surface area contributed by atoms with Gasteiger partial charge in [-0.1, -0.05) is 94.4 Å². The fourth-order valence-corrected chi connectivity index (χ4v) is 6.88. The van der Waals surface area contributed by atoms with Crippen molar-refractivity contribution in [2.75, 3.05) is 20.3 Å². The molecule has 2 aromatic heterocycles. The number of carbonyl (C=O) groups excluding carboxylic acids is 2. The molecular weight excluding hydrogens is 693 g/mol. The third-order valence-corrected chi connectivity index (χ3v) is 10.5. The van der Waals surface area contributed by atoms with E-state index in [-0.39, 0.29) is 31.2 Å². The molecular formula is C40H54N6O4S2. The average molecular weight is 747 g/mol. The molecule has 10 nitrogen and oxygen atoms in total. The van der Waals surface area contributed by atoms with Crippen LogP contribution < -0.4 is 16.0 Å². The molecule has 2 amide bonds. The van der Waals surface area contributed by atoms with Crippen LogP contribution in [0.15, 0.2) is 90.2 Å². The maximum Gasteiger partial charge on any atom is 0.407 e. The molecule has 0 aliphatic heterocycles. The number of thiazole rings is 2. The van der Waals surface area contributed by atoms with Gasteiger partial charge in [0.2, 0.25) is 5.91 Å². The summed E-state index contributed by atoms with van der Waals surface area (Å²) in [5.74, 6) is 0.816. The zero-order valence-corrected chi connectivity index (χ0v) is 32.5. The van der Waals surface area contributed by atoms with Crippen LogP contribution in [0.1, 0.15) is 79.1 Å². The third kappa shape index (κ3) is 14.4. The Morgan fingerprint density at radius 2 is 1.58 bits per heavy atom. The minimum absolute atomic E-state index is 0.166. The number of carbonyl (C=O) groups is 2. The quantitative estimate of drug-likeness (QED) is 0.0671. The molecule has 3 N–H and O–H groups in total. The molecule has 2 heterocycles. The van der Waals surface area contributed by atoms with Crippen molar-refractivity contribution in [1.82, 2.24) is 30.8 Å². The van der Waals surface area contributed by atoms with Gasteiger partial charge in [0.15, 0.2) is 0 Å². The molecule has 0 bridgehead atoms. The van der Waals surface area contributed by atoms with E-state index < -0.39 is 12.1 Å². The smallest absolute Gasteiger partial charge is 0.407 e. The Hall–Kier alpha value is -4.26. The summed E-state index contributed by atoms with van der Waals surface area (Å²) in [7, 11) is 1.94. The minimum Gasteiger partial charge on any atom is -0.444 e. The fourth-order valence-electron chi connectivity index (χ4n) is 5.55. The molecule has 280 valence electrons. The average Bonchev–Trinajstić information content (AvgIpc) is 3.84. The SMILES string of the molecule is C=C(NC(COCCCC)C(=O)NC(CCC(Cc1ccccc1)NC(=O)OCc1cncs1)Cc1ccccc1)N(C)Cc1csc(C(C)C)n1. The lowest BCUT2D eigenvalue weighted by molar-refractivity contribution is -0.125. The third-order valence-electron chi connectivity index (χ3n) is 8.52. The van der Waals surface area contributed by atoms with Crippen molar-refractivity contribution in [2.45, 2.75) is 96.5 Å². The lowest BCUT2D eigenvalue weighted by Crippen LogP contribution is -2.52. The molecule has 0 aliphatic rings. The summed E-state index contributed by atoms with van der Waals surface area (Å²) in [6, 6.07) is 19.1. The highest BCUT2D eigenvalue weighted by molar-refractivity contribution is 7.09. The van der Waals surface area contributed by atoms with Crippen molar-refractivity contribution in [2.24, 2.45) is 0 Å². The predicted octanol–water partition coefficient (Wildman–Crippen LogP) is 7.45. The summed E-state index contributed by atoms with van der Waals surface area (Å²) in [5, 5.41) is 12.9. The molecule has 0 spiro atoms. The Bertz CT molecular complexity index is 1620. The summed E-state index contributed by atoms with van der Waals surface area (Å²) in [5.41, 5.74) is 4.90. The number of rotatable bonds is 23. The molecule has 12 heteroatoms. The maximum absolute atomic E-state index is 14.1. The molecule has 2 aromatic carbocycles. The lowest BCUT2D eigenvalue weighted by atomic mass is 9.96. The number of benzene rings is 2. The number of amides is 2. The first-order valence-corrected chi connectivity index (χ1v) is 19.8. The van der Waals surface area contributed by atoms with Gasteiger partial charge < -0.3 is 30.3 Å². The number of alkyl carbamates (subject to hydrolysis) is 1. The van der Waals surface area contributed by atoms with Crippen LogP contribution in [-0.2, 0) is 40.3 Å². The number of nitrogens with one attached hydrogen (secondary N) is 3. The first-order chi connectivity index (χ1) is 25.2. The van der Waals surface area contributed by atoms with Crippen molar-refractivity contribution in [1.29, 1.82) is 0 Å². The number of hydrogen-bond donors (Lipinski definition) is 3. The van der Waals surface area contributed by atoms with E-state index in [9.17, 15) is 9.59 Å². The molecule has 0 saturated heterocycles. The van der Waals surface area contributed by atoms with E-state index >= 15 is 0 Å². The van der Waals surface area contributed by atoms with Crippen LogP contribution in [0.25, 0.3) is 0 Å². The molecule has 4 rings (SSSR count). The van der Waals surface area contributed by atoms with Crippen molar-refractivity contribution >= 4 is 34.7 Å². The Labute approximate surface area is 317 Å². The van der Waals surface area contributed by atoms with Crippen molar-refractivity contribution in [3.05, 3.63) is 117 Å². The van der Waals surface area contributed by atoms with Gasteiger partial charge in [-0.05, 0) is 43.2 Å². The minimum atomic E-state index is -0.660. The Kier molecular flexibility index (Phi) is 17.1. The van der Waals surface area contributed by atoms with Crippen molar-refractivity contribution in [3.63, 3.8) is 0 Å². The second-order valence-corrected chi connectivity index (χ2v) is 15.2. The van der Waals surface area contributed by atoms with Gasteiger partial charge in [-0.25, -0.2) is 9.78 Å². The topological polar surface area (TPSA) is 118 Å². The number of nitrogens with zero attached hydrogens (tertiary/aromatic N) is 3. The van der Waals surface area contributed by atoms with E-state index in [1.165, 1.54) is 11.3 Å². The van der Waals surface area contributed by atoms with Crippen LogP contribution in [0.2, 0.25) is 0 Å². The Balaban J connectivity index is 1.45. The highest BCUT2D eigenvalue weighted by atomic mass is 32.1. The number of ether oxygens (including phenoxy) is 2. The summed E-state index contributed by atoms with van der Waals surface area (Å²) < 4.78 is 11.5. The van der Waals surface area contributed by atoms with Gasteiger partial charge >= 0.3 is 6.09 Å². The van der Waals surface area contributed by atoms with E-state index in [4.69, 9.17) is 14.5 Å². The Morgan fingerprint density at radius 3 is 2.15 bits per heavy atom. The van der Waals surface area contributed by atoms with E-state index in [2.05, 4.69) is 77.9 Å². The first-order valence-electron chi connectivity index (χ1n) is 18.1. The second-order valence-electron chi connectivity index (χ2n) is 13.3. The summed E-state index contributed by atoms with van der Waals surface area (Å²) in [6.07, 6.45) is 5.64. The van der Waals surface area contributed by atoms with E-state index in [0.29, 0.717) is 50.6 Å². The Morgan fingerprint density at radius 1 is 0.923 bits per heavy atom. The largest absolute Gasteiger partial charge is 0.444 e. The molecule has 52 heavy (non-hydrogen) atoms. The van der Waals surface area contributed by atoms with Crippen LogP contribution in [-0.4, -0.2) is 65.3 Å². The molecule has 0 saturated carbocycles. The number of aromatic nitrogens is 2. The van der Waals surface area contributed by atoms with Gasteiger partial charge in [0.05, 0.1) is 40.1 Å². The van der Waals surface area contributed by atoms with E-state index in [1.807, 2.05) is 48.3 Å². The summed E-state index contributed by atoms with van der Waals surface area (Å²) in [6.45, 7) is 12.2. The van der Waals surface area contributed by atoms with Gasteiger partial charge in [-0.2, -0.15) is 0 Å². The monoisotopic (exact) mass is 746 g/mol. The number of hydrogen-bond acceptors (Lipinski definition) is 10. The van der Waals surface area contributed by atoms with E-state index in [0.717, 1.165) is 39.5 Å². The van der Waals surface area contributed by atoms with Crippen LogP contribution in [0.5, 0.6) is 0 Å². The summed E-state index contributed by atoms with van der Waals surface area (Å²) in [4.78, 5) is 38.7. The van der Waals surface area contributed by atoms with Gasteiger partial charge in [-0.3, -0.25) is 9.78 Å². The molecule has 0 fully saturated rings. The van der Waals surface area contributed by atoms with Gasteiger partial charge in [0, 0.05) is 43.2 Å². The molecule has 4 aromatic rings. The lowest BCUT2D eigenvalue weighted by Gasteiger charge is -2.29. The normalized spacial score (nSPS) is 12.9. The van der Waals surface area contributed by atoms with Crippen LogP contribution in [0, 0.1) is 0 Å². The van der Waals surface area contributed by atoms with Crippen molar-refractivity contribution < 1.29 is 19.1 Å². The van der Waals surface area contributed by atoms with Crippen LogP contribution in [0.3, 0.4) is 0 Å². The van der Waals surface area contributed by atoms with Crippen molar-refractivity contribution in [3.8, 4) is 0 Å². The first kappa shape index (κ1) is 40.5. The number of unbranched alkanes of at least 4 members (excludes halogenated alkanes) is 1. The van der Waals surface area contributed by atoms with E-state index in [1.54, 1.807) is 23.0 Å². The highest BCUT2D eigenvalue weighted by Crippen LogP contribution is 2.20. The van der Waals surface area contributed by atoms with Gasteiger partial charge in [-0.15, -0.1) is 22.7 Å². The van der Waals surface area contributed by atoms with Gasteiger partial charge in [0.1, 0.15) is 12.6 Å². The molecule has 3 atom stereocenters. The molecule has 0 aliphatic carbocycles. The predicted molar refractivity (Wildman–Crippen MR) is 210 cm³/mol.